The maximum Gasteiger partial charge on any atom is 0.307 e. The summed E-state index contributed by atoms with van der Waals surface area (Å²) >= 11 is 0. The number of anilines is 1. The van der Waals surface area contributed by atoms with Gasteiger partial charge in [0.05, 0.1) is 20.1 Å². The number of methoxy groups -OCH3 is 1. The van der Waals surface area contributed by atoms with Crippen molar-refractivity contribution in [2.45, 2.75) is 13.3 Å². The molecule has 6 heteroatoms. The van der Waals surface area contributed by atoms with Crippen molar-refractivity contribution < 1.29 is 14.3 Å². The van der Waals surface area contributed by atoms with E-state index >= 15 is 0 Å². The third kappa shape index (κ3) is 4.26. The Morgan fingerprint density at radius 2 is 2.24 bits per heavy atom. The van der Waals surface area contributed by atoms with E-state index in [4.69, 9.17) is 9.47 Å². The summed E-state index contributed by atoms with van der Waals surface area (Å²) < 4.78 is 9.85. The van der Waals surface area contributed by atoms with Gasteiger partial charge in [-0.2, -0.15) is 0 Å². The molecule has 94 valence electrons. The van der Waals surface area contributed by atoms with Crippen molar-refractivity contribution in [1.29, 1.82) is 0 Å². The van der Waals surface area contributed by atoms with E-state index in [9.17, 15) is 4.79 Å². The molecule has 17 heavy (non-hydrogen) atoms. The first kappa shape index (κ1) is 13.2. The summed E-state index contributed by atoms with van der Waals surface area (Å²) in [4.78, 5) is 21.1. The molecule has 0 spiro atoms. The number of esters is 1. The van der Waals surface area contributed by atoms with Crippen LogP contribution in [-0.4, -0.2) is 43.2 Å². The number of nitrogens with zero attached hydrogens (tertiary/aromatic N) is 3. The lowest BCUT2D eigenvalue weighted by Crippen LogP contribution is -2.23. The fraction of sp³-hybridized carbons (Fsp3) is 0.545. The van der Waals surface area contributed by atoms with Crippen LogP contribution in [0, 0.1) is 0 Å². The first-order chi connectivity index (χ1) is 8.17. The smallest absolute Gasteiger partial charge is 0.307 e. The molecule has 0 aliphatic heterocycles. The molecule has 0 saturated heterocycles. The van der Waals surface area contributed by atoms with Crippen LogP contribution in [-0.2, 0) is 9.53 Å². The van der Waals surface area contributed by atoms with Crippen molar-refractivity contribution in [2.75, 3.05) is 32.2 Å². The highest BCUT2D eigenvalue weighted by molar-refractivity contribution is 5.70. The standard InChI is InChI=1S/C11H17N3O3/c1-4-17-11(15)5-6-14(2)9-7-10(16-3)13-8-12-9/h7-8H,4-6H2,1-3H3. The molecule has 0 saturated carbocycles. The minimum atomic E-state index is -0.208. The highest BCUT2D eigenvalue weighted by atomic mass is 16.5. The molecule has 0 unspecified atom stereocenters. The van der Waals surface area contributed by atoms with Crippen LogP contribution in [0.3, 0.4) is 0 Å². The third-order valence-electron chi connectivity index (χ3n) is 2.18. The SMILES string of the molecule is CCOC(=O)CCN(C)c1cc(OC)ncn1. The van der Waals surface area contributed by atoms with Gasteiger partial charge in [0.1, 0.15) is 12.1 Å². The molecule has 1 aromatic rings. The Hall–Kier alpha value is -1.85. The van der Waals surface area contributed by atoms with E-state index in [0.29, 0.717) is 31.3 Å². The second-order valence-electron chi connectivity index (χ2n) is 3.40. The molecule has 0 atom stereocenters. The largest absolute Gasteiger partial charge is 0.481 e. The molecule has 0 radical (unpaired) electrons. The van der Waals surface area contributed by atoms with Crippen molar-refractivity contribution >= 4 is 11.8 Å². The summed E-state index contributed by atoms with van der Waals surface area (Å²) in [6, 6.07) is 1.71. The van der Waals surface area contributed by atoms with Gasteiger partial charge in [0.25, 0.3) is 0 Å². The van der Waals surface area contributed by atoms with Gasteiger partial charge in [-0.15, -0.1) is 0 Å². The van der Waals surface area contributed by atoms with Gasteiger partial charge in [-0.05, 0) is 6.92 Å². The summed E-state index contributed by atoms with van der Waals surface area (Å²) in [5, 5.41) is 0. The van der Waals surface area contributed by atoms with Crippen LogP contribution in [0.15, 0.2) is 12.4 Å². The van der Waals surface area contributed by atoms with Gasteiger partial charge in [0, 0.05) is 19.7 Å². The number of rotatable bonds is 6. The summed E-state index contributed by atoms with van der Waals surface area (Å²) in [6.07, 6.45) is 1.76. The van der Waals surface area contributed by atoms with Crippen LogP contribution in [0.4, 0.5) is 5.82 Å². The Balaban J connectivity index is 2.51. The van der Waals surface area contributed by atoms with Gasteiger partial charge in [0.15, 0.2) is 0 Å². The van der Waals surface area contributed by atoms with Crippen LogP contribution < -0.4 is 9.64 Å². The lowest BCUT2D eigenvalue weighted by molar-refractivity contribution is -0.142. The maximum absolute atomic E-state index is 11.2. The summed E-state index contributed by atoms with van der Waals surface area (Å²) in [5.41, 5.74) is 0. The molecule has 0 bridgehead atoms. The second kappa shape index (κ2) is 6.67. The quantitative estimate of drug-likeness (QED) is 0.686. The van der Waals surface area contributed by atoms with E-state index in [2.05, 4.69) is 9.97 Å². The molecular weight excluding hydrogens is 222 g/mol. The number of hydrogen-bond acceptors (Lipinski definition) is 6. The van der Waals surface area contributed by atoms with E-state index in [1.54, 1.807) is 20.1 Å². The predicted molar refractivity (Wildman–Crippen MR) is 63.1 cm³/mol. The molecule has 0 aliphatic rings. The fourth-order valence-electron chi connectivity index (χ4n) is 1.26. The van der Waals surface area contributed by atoms with Crippen molar-refractivity contribution in [3.63, 3.8) is 0 Å². The van der Waals surface area contributed by atoms with E-state index < -0.39 is 0 Å². The van der Waals surface area contributed by atoms with Crippen LogP contribution in [0.1, 0.15) is 13.3 Å². The van der Waals surface area contributed by atoms with E-state index in [1.165, 1.54) is 6.33 Å². The Bertz CT molecular complexity index is 371. The maximum atomic E-state index is 11.2. The monoisotopic (exact) mass is 239 g/mol. The van der Waals surface area contributed by atoms with Crippen molar-refractivity contribution in [1.82, 2.24) is 9.97 Å². The molecular formula is C11H17N3O3. The number of hydrogen-bond donors (Lipinski definition) is 0. The number of ether oxygens (including phenoxy) is 2. The van der Waals surface area contributed by atoms with E-state index in [0.717, 1.165) is 0 Å². The average molecular weight is 239 g/mol. The van der Waals surface area contributed by atoms with Crippen molar-refractivity contribution in [2.24, 2.45) is 0 Å². The van der Waals surface area contributed by atoms with Gasteiger partial charge in [-0.3, -0.25) is 4.79 Å². The minimum Gasteiger partial charge on any atom is -0.481 e. The van der Waals surface area contributed by atoms with Gasteiger partial charge in [-0.25, -0.2) is 9.97 Å². The van der Waals surface area contributed by atoms with Gasteiger partial charge in [0.2, 0.25) is 5.88 Å². The van der Waals surface area contributed by atoms with E-state index in [1.807, 2.05) is 11.9 Å². The summed E-state index contributed by atoms with van der Waals surface area (Å²) in [5.74, 6) is 1.000. The molecule has 1 aromatic heterocycles. The Morgan fingerprint density at radius 3 is 2.88 bits per heavy atom. The normalized spacial score (nSPS) is 9.82. The van der Waals surface area contributed by atoms with Gasteiger partial charge >= 0.3 is 5.97 Å². The van der Waals surface area contributed by atoms with Crippen LogP contribution in [0.5, 0.6) is 5.88 Å². The zero-order valence-corrected chi connectivity index (χ0v) is 10.3. The molecule has 0 N–H and O–H groups in total. The van der Waals surface area contributed by atoms with Crippen LogP contribution in [0.2, 0.25) is 0 Å². The number of carbonyl (C=O) groups is 1. The van der Waals surface area contributed by atoms with Crippen molar-refractivity contribution in [3.8, 4) is 5.88 Å². The second-order valence-corrected chi connectivity index (χ2v) is 3.40. The van der Waals surface area contributed by atoms with Crippen LogP contribution in [0.25, 0.3) is 0 Å². The zero-order chi connectivity index (χ0) is 12.7. The summed E-state index contributed by atoms with van der Waals surface area (Å²) in [7, 11) is 3.39. The van der Waals surface area contributed by atoms with Gasteiger partial charge < -0.3 is 14.4 Å². The topological polar surface area (TPSA) is 64.5 Å². The molecule has 0 aromatic carbocycles. The van der Waals surface area contributed by atoms with Crippen molar-refractivity contribution in [3.05, 3.63) is 12.4 Å². The number of carbonyl (C=O) groups excluding carboxylic acids is 1. The Morgan fingerprint density at radius 1 is 1.47 bits per heavy atom. The molecule has 1 rings (SSSR count). The predicted octanol–water partition coefficient (Wildman–Crippen LogP) is 0.875. The fourth-order valence-corrected chi connectivity index (χ4v) is 1.26. The van der Waals surface area contributed by atoms with Crippen LogP contribution >= 0.6 is 0 Å². The lowest BCUT2D eigenvalue weighted by Gasteiger charge is -2.17. The molecule has 0 amide bonds. The highest BCUT2D eigenvalue weighted by Gasteiger charge is 2.08. The molecule has 0 aliphatic carbocycles. The average Bonchev–Trinajstić information content (AvgIpc) is 2.36. The Labute approximate surface area is 101 Å². The lowest BCUT2D eigenvalue weighted by atomic mass is 10.4. The van der Waals surface area contributed by atoms with E-state index in [-0.39, 0.29) is 5.97 Å². The zero-order valence-electron chi connectivity index (χ0n) is 10.3. The first-order valence-electron chi connectivity index (χ1n) is 5.40. The summed E-state index contributed by atoms with van der Waals surface area (Å²) in [6.45, 7) is 2.74. The molecule has 6 nitrogen and oxygen atoms in total. The minimum absolute atomic E-state index is 0.208. The first-order valence-corrected chi connectivity index (χ1v) is 5.40. The van der Waals surface area contributed by atoms with Gasteiger partial charge in [-0.1, -0.05) is 0 Å². The third-order valence-corrected chi connectivity index (χ3v) is 2.18. The highest BCUT2D eigenvalue weighted by Crippen LogP contribution is 2.13. The number of aromatic nitrogens is 2. The molecule has 0 fully saturated rings. The Kier molecular flexibility index (Phi) is 5.19. The molecule has 1 heterocycles.